The molecule has 7 nitrogen and oxygen atoms in total. The van der Waals surface area contributed by atoms with Gasteiger partial charge in [0.1, 0.15) is 17.3 Å². The summed E-state index contributed by atoms with van der Waals surface area (Å²) in [6.45, 7) is 1.49. The van der Waals surface area contributed by atoms with Crippen molar-refractivity contribution in [2.75, 3.05) is 18.0 Å². The molecule has 2 aromatic heterocycles. The van der Waals surface area contributed by atoms with Crippen LogP contribution in [-0.2, 0) is 16.9 Å². The van der Waals surface area contributed by atoms with Crippen LogP contribution in [0.4, 0.5) is 19.0 Å². The van der Waals surface area contributed by atoms with Crippen LogP contribution in [0, 0.1) is 0 Å². The zero-order valence-corrected chi connectivity index (χ0v) is 17.7. The van der Waals surface area contributed by atoms with Crippen molar-refractivity contribution in [2.24, 2.45) is 0 Å². The predicted molar refractivity (Wildman–Crippen MR) is 111 cm³/mol. The summed E-state index contributed by atoms with van der Waals surface area (Å²) in [7, 11) is 0. The largest absolute Gasteiger partial charge is 0.438 e. The number of rotatable bonds is 3. The zero-order chi connectivity index (χ0) is 22.8. The Morgan fingerprint density at radius 3 is 2.50 bits per heavy atom. The average molecular weight is 484 g/mol. The van der Waals surface area contributed by atoms with Gasteiger partial charge in [-0.05, 0) is 30.7 Å². The molecular formula is C20H14Cl2F3N5O2. The second-order valence-electron chi connectivity index (χ2n) is 7.60. The molecule has 1 aromatic carbocycles. The van der Waals surface area contributed by atoms with Crippen LogP contribution in [0.3, 0.4) is 0 Å². The zero-order valence-electron chi connectivity index (χ0n) is 16.2. The van der Waals surface area contributed by atoms with Gasteiger partial charge in [0.25, 0.3) is 11.6 Å². The monoisotopic (exact) mass is 483 g/mol. The van der Waals surface area contributed by atoms with E-state index in [1.165, 1.54) is 24.3 Å². The minimum absolute atomic E-state index is 0.00691. The van der Waals surface area contributed by atoms with Gasteiger partial charge in [0, 0.05) is 13.1 Å². The smallest absolute Gasteiger partial charge is 0.356 e. The van der Waals surface area contributed by atoms with Gasteiger partial charge in [0.15, 0.2) is 5.78 Å². The van der Waals surface area contributed by atoms with E-state index in [-0.39, 0.29) is 32.6 Å². The van der Waals surface area contributed by atoms with Crippen molar-refractivity contribution in [3.63, 3.8) is 0 Å². The molecule has 0 spiro atoms. The van der Waals surface area contributed by atoms with E-state index in [0.717, 1.165) is 19.5 Å². The number of hydrogen-bond acceptors (Lipinski definition) is 5. The number of fused-ring (bicyclic) bond motifs is 3. The SMILES string of the molecule is O=C(NC1(C(F)(F)F)C(=O)Cc2nc3cc(Cl)c(Cl)cc3n21)c1cccc(N2CCC2)n1. The highest BCUT2D eigenvalue weighted by molar-refractivity contribution is 6.42. The normalized spacial score (nSPS) is 20.4. The van der Waals surface area contributed by atoms with Crippen LogP contribution in [0.15, 0.2) is 30.3 Å². The predicted octanol–water partition coefficient (Wildman–Crippen LogP) is 3.72. The Balaban J connectivity index is 1.63. The molecule has 2 aliphatic rings. The van der Waals surface area contributed by atoms with E-state index in [9.17, 15) is 22.8 Å². The molecule has 32 heavy (non-hydrogen) atoms. The number of pyridine rings is 1. The Kier molecular flexibility index (Phi) is 4.65. The third kappa shape index (κ3) is 2.96. The number of nitrogens with zero attached hydrogens (tertiary/aromatic N) is 4. The number of alkyl halides is 3. The van der Waals surface area contributed by atoms with Gasteiger partial charge >= 0.3 is 6.18 Å². The molecule has 4 heterocycles. The summed E-state index contributed by atoms with van der Waals surface area (Å²) < 4.78 is 44.2. The lowest BCUT2D eigenvalue weighted by Crippen LogP contribution is -2.62. The molecule has 12 heteroatoms. The Morgan fingerprint density at radius 1 is 1.12 bits per heavy atom. The molecule has 1 amide bonds. The van der Waals surface area contributed by atoms with Crippen molar-refractivity contribution < 1.29 is 22.8 Å². The highest BCUT2D eigenvalue weighted by Crippen LogP contribution is 2.44. The number of ketones is 1. The van der Waals surface area contributed by atoms with Crippen molar-refractivity contribution in [1.82, 2.24) is 19.9 Å². The molecule has 0 radical (unpaired) electrons. The van der Waals surface area contributed by atoms with E-state index in [0.29, 0.717) is 10.4 Å². The summed E-state index contributed by atoms with van der Waals surface area (Å²) in [6, 6.07) is 7.01. The highest BCUT2D eigenvalue weighted by atomic mass is 35.5. The van der Waals surface area contributed by atoms with Crippen molar-refractivity contribution in [1.29, 1.82) is 0 Å². The second-order valence-corrected chi connectivity index (χ2v) is 8.42. The van der Waals surface area contributed by atoms with Crippen LogP contribution in [0.1, 0.15) is 22.7 Å². The third-order valence-corrected chi connectivity index (χ3v) is 6.40. The number of Topliss-reactive ketones (excluding diaryl/α,β-unsaturated/α-hetero) is 1. The minimum Gasteiger partial charge on any atom is -0.356 e. The van der Waals surface area contributed by atoms with Gasteiger partial charge in [0.2, 0.25) is 0 Å². The molecule has 1 atom stereocenters. The van der Waals surface area contributed by atoms with E-state index < -0.39 is 30.0 Å². The molecular weight excluding hydrogens is 470 g/mol. The molecule has 0 saturated carbocycles. The standard InChI is InChI=1S/C20H14Cl2F3N5O2/c21-10-7-13-14(8-11(10)22)30-17(27-13)9-15(31)19(30,20(23,24)25)28-18(32)12-3-1-4-16(26-12)29-5-2-6-29/h1,3-4,7-8H,2,5-6,9H2,(H,28,32). The molecule has 1 fully saturated rings. The number of carbonyl (C=O) groups is 2. The van der Waals surface area contributed by atoms with Crippen LogP contribution < -0.4 is 10.2 Å². The first kappa shape index (κ1) is 21.0. The maximum atomic E-state index is 14.5. The molecule has 3 aromatic rings. The fraction of sp³-hybridized carbons (Fsp3) is 0.300. The molecule has 0 bridgehead atoms. The van der Waals surface area contributed by atoms with Crippen LogP contribution in [0.2, 0.25) is 10.0 Å². The Labute approximate surface area is 189 Å². The quantitative estimate of drug-likeness (QED) is 0.613. The van der Waals surface area contributed by atoms with Crippen molar-refractivity contribution in [3.8, 4) is 0 Å². The molecule has 1 unspecified atom stereocenters. The fourth-order valence-corrected chi connectivity index (χ4v) is 4.31. The van der Waals surface area contributed by atoms with E-state index in [2.05, 4.69) is 9.97 Å². The summed E-state index contributed by atoms with van der Waals surface area (Å²) in [6.07, 6.45) is -4.82. The summed E-state index contributed by atoms with van der Waals surface area (Å²) >= 11 is 12.0. The van der Waals surface area contributed by atoms with Crippen molar-refractivity contribution >= 4 is 51.7 Å². The van der Waals surface area contributed by atoms with E-state index in [1.807, 2.05) is 10.2 Å². The summed E-state index contributed by atoms with van der Waals surface area (Å²) in [5, 5.41) is 2.02. The maximum Gasteiger partial charge on any atom is 0.438 e. The molecule has 1 N–H and O–H groups in total. The Morgan fingerprint density at radius 2 is 1.84 bits per heavy atom. The number of carbonyl (C=O) groups excluding carboxylic acids is 2. The Hall–Kier alpha value is -2.85. The topological polar surface area (TPSA) is 80.1 Å². The summed E-state index contributed by atoms with van der Waals surface area (Å²) in [5.74, 6) is -2.05. The maximum absolute atomic E-state index is 14.5. The highest BCUT2D eigenvalue weighted by Gasteiger charge is 2.67. The van der Waals surface area contributed by atoms with Gasteiger partial charge in [-0.15, -0.1) is 0 Å². The lowest BCUT2D eigenvalue weighted by Gasteiger charge is -2.34. The number of anilines is 1. The first-order chi connectivity index (χ1) is 15.1. The van der Waals surface area contributed by atoms with Gasteiger partial charge in [-0.3, -0.25) is 14.2 Å². The lowest BCUT2D eigenvalue weighted by atomic mass is 10.0. The fourth-order valence-electron chi connectivity index (χ4n) is 3.99. The van der Waals surface area contributed by atoms with Crippen molar-refractivity contribution in [3.05, 3.63) is 51.9 Å². The van der Waals surface area contributed by atoms with Gasteiger partial charge in [-0.1, -0.05) is 29.3 Å². The number of hydrogen-bond donors (Lipinski definition) is 1. The summed E-state index contributed by atoms with van der Waals surface area (Å²) in [4.78, 5) is 35.9. The van der Waals surface area contributed by atoms with Gasteiger partial charge in [0.05, 0.1) is 27.5 Å². The number of benzene rings is 1. The third-order valence-electron chi connectivity index (χ3n) is 5.68. The second kappa shape index (κ2) is 7.08. The molecule has 2 aliphatic heterocycles. The van der Waals surface area contributed by atoms with E-state index in [1.54, 1.807) is 6.07 Å². The van der Waals surface area contributed by atoms with Gasteiger partial charge in [-0.25, -0.2) is 9.97 Å². The first-order valence-electron chi connectivity index (χ1n) is 9.63. The molecule has 0 aliphatic carbocycles. The van der Waals surface area contributed by atoms with Crippen LogP contribution >= 0.6 is 23.2 Å². The molecule has 1 saturated heterocycles. The van der Waals surface area contributed by atoms with Crippen LogP contribution in [0.5, 0.6) is 0 Å². The van der Waals surface area contributed by atoms with Gasteiger partial charge in [-0.2, -0.15) is 13.2 Å². The first-order valence-corrected chi connectivity index (χ1v) is 10.4. The van der Waals surface area contributed by atoms with Crippen LogP contribution in [-0.4, -0.2) is 45.5 Å². The van der Waals surface area contributed by atoms with E-state index in [4.69, 9.17) is 23.2 Å². The van der Waals surface area contributed by atoms with Crippen LogP contribution in [0.25, 0.3) is 11.0 Å². The van der Waals surface area contributed by atoms with Gasteiger partial charge < -0.3 is 10.2 Å². The minimum atomic E-state index is -5.17. The molecule has 5 rings (SSSR count). The number of halogens is 5. The average Bonchev–Trinajstić information content (AvgIpc) is 3.14. The number of nitrogens with one attached hydrogen (secondary N) is 1. The number of aromatic nitrogens is 3. The number of imidazole rings is 1. The van der Waals surface area contributed by atoms with E-state index >= 15 is 0 Å². The summed E-state index contributed by atoms with van der Waals surface area (Å²) in [5.41, 5.74) is -3.52. The Bertz CT molecular complexity index is 1290. The van der Waals surface area contributed by atoms with Crippen molar-refractivity contribution in [2.45, 2.75) is 24.7 Å². The molecule has 166 valence electrons. The lowest BCUT2D eigenvalue weighted by molar-refractivity contribution is -0.214. The number of amides is 1.